The lowest BCUT2D eigenvalue weighted by molar-refractivity contribution is -0.122. The molecule has 0 radical (unpaired) electrons. The molecule has 0 unspecified atom stereocenters. The SMILES string of the molecule is CC[C@H](NC(=O)Cn1c(=O)oc2ccc(C)cc21)c1c(C)nn(CC)c1C. The first-order valence-corrected chi connectivity index (χ1v) is 9.28. The smallest absolute Gasteiger partial charge is 0.408 e. The van der Waals surface area contributed by atoms with Crippen LogP contribution in [0.4, 0.5) is 0 Å². The van der Waals surface area contributed by atoms with Crippen molar-refractivity contribution in [3.63, 3.8) is 0 Å². The van der Waals surface area contributed by atoms with E-state index in [0.29, 0.717) is 11.1 Å². The highest BCUT2D eigenvalue weighted by molar-refractivity contribution is 5.80. The van der Waals surface area contributed by atoms with E-state index in [2.05, 4.69) is 10.4 Å². The lowest BCUT2D eigenvalue weighted by Crippen LogP contribution is -2.34. The standard InChI is InChI=1S/C20H26N4O3/c1-6-15(19-13(4)22-24(7-2)14(19)5)21-18(25)11-23-16-10-12(3)8-9-17(16)27-20(23)26/h8-10,15H,6-7,11H2,1-5H3,(H,21,25)/t15-/m0/s1. The summed E-state index contributed by atoms with van der Waals surface area (Å²) >= 11 is 0. The Labute approximate surface area is 158 Å². The number of aromatic nitrogens is 3. The molecule has 2 aromatic heterocycles. The Kier molecular flexibility index (Phi) is 5.21. The van der Waals surface area contributed by atoms with E-state index in [1.54, 1.807) is 6.07 Å². The number of aryl methyl sites for hydroxylation is 3. The van der Waals surface area contributed by atoms with Crippen LogP contribution >= 0.6 is 0 Å². The minimum Gasteiger partial charge on any atom is -0.408 e. The van der Waals surface area contributed by atoms with Crippen molar-refractivity contribution in [2.75, 3.05) is 0 Å². The zero-order chi connectivity index (χ0) is 19.7. The summed E-state index contributed by atoms with van der Waals surface area (Å²) in [6.45, 7) is 10.7. The Morgan fingerprint density at radius 2 is 2.00 bits per heavy atom. The number of carbonyl (C=O) groups excluding carboxylic acids is 1. The number of fused-ring (bicyclic) bond motifs is 1. The van der Waals surface area contributed by atoms with E-state index in [1.165, 1.54) is 4.57 Å². The molecule has 0 saturated heterocycles. The number of nitrogens with one attached hydrogen (secondary N) is 1. The Morgan fingerprint density at radius 1 is 1.26 bits per heavy atom. The molecule has 0 aliphatic heterocycles. The summed E-state index contributed by atoms with van der Waals surface area (Å²) in [5.41, 5.74) is 5.15. The molecule has 0 aliphatic rings. The second kappa shape index (κ2) is 7.42. The summed E-state index contributed by atoms with van der Waals surface area (Å²) in [7, 11) is 0. The van der Waals surface area contributed by atoms with Gasteiger partial charge in [0.15, 0.2) is 5.58 Å². The average Bonchev–Trinajstić information content (AvgIpc) is 3.09. The van der Waals surface area contributed by atoms with Crippen LogP contribution in [-0.4, -0.2) is 20.3 Å². The first-order valence-electron chi connectivity index (χ1n) is 9.28. The van der Waals surface area contributed by atoms with Crippen LogP contribution in [0, 0.1) is 20.8 Å². The van der Waals surface area contributed by atoms with Gasteiger partial charge < -0.3 is 9.73 Å². The maximum absolute atomic E-state index is 12.7. The van der Waals surface area contributed by atoms with Gasteiger partial charge in [0.25, 0.3) is 0 Å². The van der Waals surface area contributed by atoms with Crippen molar-refractivity contribution in [3.8, 4) is 0 Å². The minimum absolute atomic E-state index is 0.0776. The van der Waals surface area contributed by atoms with Gasteiger partial charge in [0.05, 0.1) is 17.3 Å². The maximum Gasteiger partial charge on any atom is 0.420 e. The van der Waals surface area contributed by atoms with E-state index in [4.69, 9.17) is 4.42 Å². The monoisotopic (exact) mass is 370 g/mol. The number of benzene rings is 1. The van der Waals surface area contributed by atoms with Crippen molar-refractivity contribution in [1.82, 2.24) is 19.7 Å². The third-order valence-electron chi connectivity index (χ3n) is 4.95. The molecule has 3 aromatic rings. The van der Waals surface area contributed by atoms with E-state index in [9.17, 15) is 9.59 Å². The van der Waals surface area contributed by atoms with Gasteiger partial charge in [-0.2, -0.15) is 5.10 Å². The largest absolute Gasteiger partial charge is 0.420 e. The van der Waals surface area contributed by atoms with Crippen LogP contribution in [0.2, 0.25) is 0 Å². The molecule has 1 N–H and O–H groups in total. The highest BCUT2D eigenvalue weighted by Crippen LogP contribution is 2.24. The molecule has 1 aromatic carbocycles. The fraction of sp³-hybridized carbons (Fsp3) is 0.450. The zero-order valence-corrected chi connectivity index (χ0v) is 16.5. The molecular formula is C20H26N4O3. The molecule has 0 saturated carbocycles. The molecule has 1 amide bonds. The Morgan fingerprint density at radius 3 is 2.63 bits per heavy atom. The second-order valence-corrected chi connectivity index (χ2v) is 6.85. The van der Waals surface area contributed by atoms with Gasteiger partial charge in [-0.25, -0.2) is 4.79 Å². The van der Waals surface area contributed by atoms with E-state index in [-0.39, 0.29) is 18.5 Å². The Bertz CT molecular complexity index is 1040. The molecule has 0 bridgehead atoms. The number of nitrogens with zero attached hydrogens (tertiary/aromatic N) is 3. The lowest BCUT2D eigenvalue weighted by atomic mass is 10.0. The van der Waals surface area contributed by atoms with Gasteiger partial charge in [-0.1, -0.05) is 13.0 Å². The summed E-state index contributed by atoms with van der Waals surface area (Å²) in [5.74, 6) is -0.749. The van der Waals surface area contributed by atoms with Gasteiger partial charge in [0.2, 0.25) is 5.91 Å². The number of amides is 1. The van der Waals surface area contributed by atoms with Crippen molar-refractivity contribution < 1.29 is 9.21 Å². The molecule has 27 heavy (non-hydrogen) atoms. The summed E-state index contributed by atoms with van der Waals surface area (Å²) in [5, 5.41) is 7.59. The van der Waals surface area contributed by atoms with Crippen LogP contribution in [0.15, 0.2) is 27.4 Å². The molecule has 0 fully saturated rings. The lowest BCUT2D eigenvalue weighted by Gasteiger charge is -2.18. The third-order valence-corrected chi connectivity index (χ3v) is 4.95. The van der Waals surface area contributed by atoms with E-state index >= 15 is 0 Å². The predicted octanol–water partition coefficient (Wildman–Crippen LogP) is 3.00. The van der Waals surface area contributed by atoms with Crippen molar-refractivity contribution in [1.29, 1.82) is 0 Å². The highest BCUT2D eigenvalue weighted by atomic mass is 16.4. The quantitative estimate of drug-likeness (QED) is 0.723. The average molecular weight is 370 g/mol. The van der Waals surface area contributed by atoms with Crippen LogP contribution in [0.25, 0.3) is 11.1 Å². The van der Waals surface area contributed by atoms with Crippen LogP contribution < -0.4 is 11.1 Å². The number of hydrogen-bond donors (Lipinski definition) is 1. The van der Waals surface area contributed by atoms with Crippen LogP contribution in [0.1, 0.15) is 48.8 Å². The normalized spacial score (nSPS) is 12.5. The van der Waals surface area contributed by atoms with Gasteiger partial charge in [-0.3, -0.25) is 14.0 Å². The molecule has 3 rings (SSSR count). The first kappa shape index (κ1) is 18.9. The number of carbonyl (C=O) groups is 1. The van der Waals surface area contributed by atoms with Crippen molar-refractivity contribution >= 4 is 17.0 Å². The van der Waals surface area contributed by atoms with Crippen molar-refractivity contribution in [2.24, 2.45) is 0 Å². The van der Waals surface area contributed by atoms with E-state index < -0.39 is 5.76 Å². The van der Waals surface area contributed by atoms with Gasteiger partial charge in [0, 0.05) is 17.8 Å². The number of rotatable bonds is 6. The summed E-state index contributed by atoms with van der Waals surface area (Å²) in [6.07, 6.45) is 0.739. The van der Waals surface area contributed by atoms with Gasteiger partial charge >= 0.3 is 5.76 Å². The molecule has 2 heterocycles. The molecule has 144 valence electrons. The summed E-state index contributed by atoms with van der Waals surface area (Å²) in [4.78, 5) is 24.9. The van der Waals surface area contributed by atoms with Crippen LogP contribution in [-0.2, 0) is 17.9 Å². The Balaban J connectivity index is 1.85. The molecule has 0 aliphatic carbocycles. The third kappa shape index (κ3) is 3.54. The van der Waals surface area contributed by atoms with Crippen LogP contribution in [0.5, 0.6) is 0 Å². The molecule has 0 spiro atoms. The number of oxazole rings is 1. The maximum atomic E-state index is 12.7. The zero-order valence-electron chi connectivity index (χ0n) is 16.5. The first-order chi connectivity index (χ1) is 12.8. The molecule has 1 atom stereocenters. The van der Waals surface area contributed by atoms with E-state index in [0.717, 1.165) is 35.5 Å². The topological polar surface area (TPSA) is 82.1 Å². The van der Waals surface area contributed by atoms with Gasteiger partial charge in [-0.15, -0.1) is 0 Å². The number of hydrogen-bond acceptors (Lipinski definition) is 4. The van der Waals surface area contributed by atoms with Crippen molar-refractivity contribution in [3.05, 3.63) is 51.3 Å². The predicted molar refractivity (Wildman–Crippen MR) is 104 cm³/mol. The second-order valence-electron chi connectivity index (χ2n) is 6.85. The minimum atomic E-state index is -0.523. The molecular weight excluding hydrogens is 344 g/mol. The van der Waals surface area contributed by atoms with Gasteiger partial charge in [-0.05, 0) is 51.8 Å². The molecule has 7 nitrogen and oxygen atoms in total. The fourth-order valence-electron chi connectivity index (χ4n) is 3.61. The van der Waals surface area contributed by atoms with Gasteiger partial charge in [0.1, 0.15) is 6.54 Å². The van der Waals surface area contributed by atoms with Crippen molar-refractivity contribution in [2.45, 2.75) is 60.2 Å². The Hall–Kier alpha value is -2.83. The fourth-order valence-corrected chi connectivity index (χ4v) is 3.61. The van der Waals surface area contributed by atoms with Crippen LogP contribution in [0.3, 0.4) is 0 Å². The summed E-state index contributed by atoms with van der Waals surface area (Å²) in [6, 6.07) is 5.33. The highest BCUT2D eigenvalue weighted by Gasteiger charge is 2.22. The summed E-state index contributed by atoms with van der Waals surface area (Å²) < 4.78 is 8.56. The molecule has 7 heteroatoms. The van der Waals surface area contributed by atoms with E-state index in [1.807, 2.05) is 51.4 Å².